The summed E-state index contributed by atoms with van der Waals surface area (Å²) in [5.74, 6) is 6.65. The van der Waals surface area contributed by atoms with Crippen LogP contribution in [0.1, 0.15) is 6.42 Å². The molecule has 3 heteroatoms. The molecule has 0 saturated carbocycles. The van der Waals surface area contributed by atoms with Crippen LogP contribution in [0, 0.1) is 5.92 Å². The van der Waals surface area contributed by atoms with E-state index in [2.05, 4.69) is 11.9 Å². The molecule has 10 heavy (non-hydrogen) atoms. The molecule has 0 amide bonds. The molecule has 0 aromatic carbocycles. The molecular weight excluding hydrogens is 126 g/mol. The van der Waals surface area contributed by atoms with E-state index in [1.54, 1.807) is 0 Å². The monoisotopic (exact) mass is 141 g/mol. The van der Waals surface area contributed by atoms with E-state index in [4.69, 9.17) is 5.84 Å². The molecule has 0 aromatic heterocycles. The fraction of sp³-hybridized carbons (Fsp3) is 1.00. The van der Waals surface area contributed by atoms with Gasteiger partial charge in [-0.25, -0.2) is 5.01 Å². The minimum Gasteiger partial charge on any atom is -0.304 e. The maximum absolute atomic E-state index is 5.79. The van der Waals surface area contributed by atoms with Gasteiger partial charge in [0.25, 0.3) is 0 Å². The van der Waals surface area contributed by atoms with Gasteiger partial charge in [0.15, 0.2) is 0 Å². The zero-order valence-corrected chi connectivity index (χ0v) is 6.45. The van der Waals surface area contributed by atoms with Crippen LogP contribution >= 0.6 is 0 Å². The minimum absolute atomic E-state index is 0.657. The fourth-order valence-corrected chi connectivity index (χ4v) is 2.20. The van der Waals surface area contributed by atoms with Gasteiger partial charge in [-0.2, -0.15) is 0 Å². The van der Waals surface area contributed by atoms with Crippen molar-refractivity contribution in [1.82, 2.24) is 9.91 Å². The van der Waals surface area contributed by atoms with Gasteiger partial charge in [-0.15, -0.1) is 0 Å². The highest BCUT2D eigenvalue weighted by Crippen LogP contribution is 2.27. The number of hydrazine groups is 1. The van der Waals surface area contributed by atoms with Crippen molar-refractivity contribution in [2.45, 2.75) is 12.5 Å². The van der Waals surface area contributed by atoms with Crippen LogP contribution in [0.3, 0.4) is 0 Å². The van der Waals surface area contributed by atoms with Crippen LogP contribution in [-0.4, -0.2) is 42.6 Å². The summed E-state index contributed by atoms with van der Waals surface area (Å²) in [6.07, 6.45) is 1.30. The molecule has 2 atom stereocenters. The standard InChI is InChI=1S/C7H15N3/c1-9-4-6-2-3-10(8)7(6)5-9/h6-7H,2-5,8H2,1H3. The number of nitrogens with zero attached hydrogens (tertiary/aromatic N) is 2. The molecule has 2 saturated heterocycles. The number of nitrogens with two attached hydrogens (primary N) is 1. The topological polar surface area (TPSA) is 32.5 Å². The summed E-state index contributed by atoms with van der Waals surface area (Å²) in [6, 6.07) is 0.657. The number of hydrogen-bond acceptors (Lipinski definition) is 3. The third-order valence-electron chi connectivity index (χ3n) is 2.77. The fourth-order valence-electron chi connectivity index (χ4n) is 2.20. The van der Waals surface area contributed by atoms with Gasteiger partial charge >= 0.3 is 0 Å². The molecule has 2 heterocycles. The highest BCUT2D eigenvalue weighted by molar-refractivity contribution is 4.92. The second-order valence-corrected chi connectivity index (χ2v) is 3.58. The first kappa shape index (κ1) is 6.58. The Balaban J connectivity index is 2.05. The van der Waals surface area contributed by atoms with Crippen molar-refractivity contribution in [2.75, 3.05) is 26.7 Å². The zero-order chi connectivity index (χ0) is 7.14. The van der Waals surface area contributed by atoms with Gasteiger partial charge in [-0.3, -0.25) is 5.84 Å². The number of likely N-dealkylation sites (tertiary alicyclic amines) is 1. The van der Waals surface area contributed by atoms with Gasteiger partial charge in [-0.1, -0.05) is 0 Å². The van der Waals surface area contributed by atoms with E-state index < -0.39 is 0 Å². The Labute approximate surface area is 61.7 Å². The molecule has 2 unspecified atom stereocenters. The summed E-state index contributed by atoms with van der Waals surface area (Å²) in [7, 11) is 2.17. The van der Waals surface area contributed by atoms with Gasteiger partial charge in [-0.05, 0) is 19.4 Å². The van der Waals surface area contributed by atoms with Crippen LogP contribution in [0.2, 0.25) is 0 Å². The van der Waals surface area contributed by atoms with E-state index in [0.29, 0.717) is 6.04 Å². The van der Waals surface area contributed by atoms with Crippen LogP contribution in [0.5, 0.6) is 0 Å². The Morgan fingerprint density at radius 1 is 1.40 bits per heavy atom. The first-order valence-corrected chi connectivity index (χ1v) is 3.97. The first-order chi connectivity index (χ1) is 4.77. The van der Waals surface area contributed by atoms with Crippen LogP contribution in [-0.2, 0) is 0 Å². The maximum atomic E-state index is 5.79. The van der Waals surface area contributed by atoms with E-state index in [1.165, 1.54) is 19.5 Å². The number of fused-ring (bicyclic) bond motifs is 1. The quantitative estimate of drug-likeness (QED) is 0.461. The van der Waals surface area contributed by atoms with E-state index >= 15 is 0 Å². The number of likely N-dealkylation sites (N-methyl/N-ethyl adjacent to an activating group) is 1. The molecule has 2 aliphatic heterocycles. The highest BCUT2D eigenvalue weighted by Gasteiger charge is 2.38. The van der Waals surface area contributed by atoms with Gasteiger partial charge in [0.2, 0.25) is 0 Å². The van der Waals surface area contributed by atoms with Crippen molar-refractivity contribution in [3.63, 3.8) is 0 Å². The van der Waals surface area contributed by atoms with E-state index in [0.717, 1.165) is 12.5 Å². The predicted octanol–water partition coefficient (Wildman–Crippen LogP) is -0.504. The summed E-state index contributed by atoms with van der Waals surface area (Å²) >= 11 is 0. The summed E-state index contributed by atoms with van der Waals surface area (Å²) in [6.45, 7) is 3.52. The Morgan fingerprint density at radius 2 is 2.20 bits per heavy atom. The Hall–Kier alpha value is -0.120. The van der Waals surface area contributed by atoms with E-state index in [1.807, 2.05) is 5.01 Å². The van der Waals surface area contributed by atoms with Crippen molar-refractivity contribution in [3.05, 3.63) is 0 Å². The second kappa shape index (κ2) is 2.19. The SMILES string of the molecule is CN1CC2CCN(N)C2C1. The Morgan fingerprint density at radius 3 is 2.90 bits per heavy atom. The molecule has 2 rings (SSSR count). The molecular formula is C7H15N3. The van der Waals surface area contributed by atoms with E-state index in [-0.39, 0.29) is 0 Å². The molecule has 3 nitrogen and oxygen atoms in total. The predicted molar refractivity (Wildman–Crippen MR) is 40.3 cm³/mol. The van der Waals surface area contributed by atoms with E-state index in [9.17, 15) is 0 Å². The minimum atomic E-state index is 0.657. The molecule has 0 aliphatic carbocycles. The average molecular weight is 141 g/mol. The molecule has 0 aromatic rings. The van der Waals surface area contributed by atoms with Crippen molar-refractivity contribution in [2.24, 2.45) is 11.8 Å². The van der Waals surface area contributed by atoms with Gasteiger partial charge in [0, 0.05) is 25.7 Å². The third kappa shape index (κ3) is 0.856. The van der Waals surface area contributed by atoms with Gasteiger partial charge in [0.1, 0.15) is 0 Å². The molecule has 2 aliphatic rings. The van der Waals surface area contributed by atoms with Crippen molar-refractivity contribution in [3.8, 4) is 0 Å². The smallest absolute Gasteiger partial charge is 0.0409 e. The van der Waals surface area contributed by atoms with Gasteiger partial charge < -0.3 is 4.90 Å². The van der Waals surface area contributed by atoms with Crippen LogP contribution in [0.25, 0.3) is 0 Å². The third-order valence-corrected chi connectivity index (χ3v) is 2.77. The lowest BCUT2D eigenvalue weighted by Gasteiger charge is -2.17. The van der Waals surface area contributed by atoms with Crippen LogP contribution in [0.4, 0.5) is 0 Å². The maximum Gasteiger partial charge on any atom is 0.0409 e. The van der Waals surface area contributed by atoms with Crippen LogP contribution in [0.15, 0.2) is 0 Å². The molecule has 2 N–H and O–H groups in total. The molecule has 0 bridgehead atoms. The lowest BCUT2D eigenvalue weighted by Crippen LogP contribution is -2.39. The normalized spacial score (nSPS) is 42.6. The summed E-state index contributed by atoms with van der Waals surface area (Å²) in [5, 5.41) is 2.01. The highest BCUT2D eigenvalue weighted by atomic mass is 15.5. The van der Waals surface area contributed by atoms with Gasteiger partial charge in [0.05, 0.1) is 0 Å². The molecule has 0 radical (unpaired) electrons. The molecule has 0 spiro atoms. The lowest BCUT2D eigenvalue weighted by molar-refractivity contribution is 0.242. The van der Waals surface area contributed by atoms with Crippen molar-refractivity contribution >= 4 is 0 Å². The zero-order valence-electron chi connectivity index (χ0n) is 6.45. The number of hydrogen-bond donors (Lipinski definition) is 1. The summed E-state index contributed by atoms with van der Waals surface area (Å²) in [4.78, 5) is 2.37. The van der Waals surface area contributed by atoms with Crippen LogP contribution < -0.4 is 5.84 Å². The average Bonchev–Trinajstić information content (AvgIpc) is 2.35. The summed E-state index contributed by atoms with van der Waals surface area (Å²) < 4.78 is 0. The Kier molecular flexibility index (Phi) is 1.44. The molecule has 58 valence electrons. The molecule has 2 fully saturated rings. The summed E-state index contributed by atoms with van der Waals surface area (Å²) in [5.41, 5.74) is 0. The largest absolute Gasteiger partial charge is 0.304 e. The second-order valence-electron chi connectivity index (χ2n) is 3.58. The lowest BCUT2D eigenvalue weighted by atomic mass is 10.1. The Bertz CT molecular complexity index is 137. The number of rotatable bonds is 0. The van der Waals surface area contributed by atoms with Crippen molar-refractivity contribution in [1.29, 1.82) is 0 Å². The first-order valence-electron chi connectivity index (χ1n) is 3.97. The van der Waals surface area contributed by atoms with Crippen molar-refractivity contribution < 1.29 is 0 Å².